The largest absolute Gasteiger partial charge is 0.490 e. The summed E-state index contributed by atoms with van der Waals surface area (Å²) >= 11 is 0. The summed E-state index contributed by atoms with van der Waals surface area (Å²) in [6, 6.07) is 28.5. The number of benzene rings is 3. The first-order chi connectivity index (χ1) is 13.7. The van der Waals surface area contributed by atoms with Crippen LogP contribution in [0.3, 0.4) is 0 Å². The van der Waals surface area contributed by atoms with Gasteiger partial charge in [-0.25, -0.2) is 0 Å². The van der Waals surface area contributed by atoms with Gasteiger partial charge in [0.05, 0.1) is 6.61 Å². The lowest BCUT2D eigenvalue weighted by molar-refractivity contribution is 0.0535. The van der Waals surface area contributed by atoms with Crippen LogP contribution in [-0.2, 0) is 0 Å². The Kier molecular flexibility index (Phi) is 7.01. The van der Waals surface area contributed by atoms with Crippen molar-refractivity contribution in [1.82, 2.24) is 0 Å². The van der Waals surface area contributed by atoms with E-state index < -0.39 is 6.10 Å². The van der Waals surface area contributed by atoms with Gasteiger partial charge in [0.2, 0.25) is 0 Å². The summed E-state index contributed by atoms with van der Waals surface area (Å²) in [6.45, 7) is 1.88. The predicted octanol–water partition coefficient (Wildman–Crippen LogP) is 4.79. The molecule has 0 bridgehead atoms. The second kappa shape index (κ2) is 9.88. The highest BCUT2D eigenvalue weighted by Crippen LogP contribution is 2.38. The number of aliphatic hydroxyl groups excluding tert-OH is 2. The Morgan fingerprint density at radius 2 is 1.39 bits per heavy atom. The number of hydrogen-bond donors (Lipinski definition) is 2. The van der Waals surface area contributed by atoms with Gasteiger partial charge < -0.3 is 14.9 Å². The molecule has 3 heteroatoms. The quantitative estimate of drug-likeness (QED) is 0.558. The summed E-state index contributed by atoms with van der Waals surface area (Å²) in [5, 5.41) is 18.8. The van der Waals surface area contributed by atoms with Crippen LogP contribution in [0, 0.1) is 0 Å². The number of aliphatic hydroxyl groups is 2. The third kappa shape index (κ3) is 4.69. The maximum absolute atomic E-state index is 9.71. The number of allylic oxidation sites excluding steroid dienone is 1. The molecule has 1 atom stereocenters. The van der Waals surface area contributed by atoms with Crippen molar-refractivity contribution in [2.24, 2.45) is 0 Å². The average molecular weight is 374 g/mol. The lowest BCUT2D eigenvalue weighted by atomic mass is 9.88. The molecule has 0 radical (unpaired) electrons. The Morgan fingerprint density at radius 1 is 0.821 bits per heavy atom. The Balaban J connectivity index is 2.18. The molecule has 0 aliphatic heterocycles. The highest BCUT2D eigenvalue weighted by atomic mass is 16.5. The van der Waals surface area contributed by atoms with Gasteiger partial charge in [0.1, 0.15) is 18.5 Å². The van der Waals surface area contributed by atoms with Gasteiger partial charge in [-0.3, -0.25) is 0 Å². The molecular formula is C25H26O3. The van der Waals surface area contributed by atoms with Crippen LogP contribution in [0.1, 0.15) is 30.0 Å². The third-order valence-corrected chi connectivity index (χ3v) is 4.64. The second-order valence-electron chi connectivity index (χ2n) is 6.58. The van der Waals surface area contributed by atoms with Crippen molar-refractivity contribution < 1.29 is 14.9 Å². The van der Waals surface area contributed by atoms with Gasteiger partial charge in [-0.2, -0.15) is 0 Å². The Hall–Kier alpha value is -2.88. The first-order valence-electron chi connectivity index (χ1n) is 9.59. The van der Waals surface area contributed by atoms with Crippen molar-refractivity contribution in [2.75, 3.05) is 13.2 Å². The van der Waals surface area contributed by atoms with Crippen molar-refractivity contribution in [2.45, 2.75) is 19.4 Å². The predicted molar refractivity (Wildman–Crippen MR) is 114 cm³/mol. The van der Waals surface area contributed by atoms with Crippen LogP contribution in [0.4, 0.5) is 0 Å². The monoisotopic (exact) mass is 374 g/mol. The Bertz CT molecular complexity index is 901. The van der Waals surface area contributed by atoms with Gasteiger partial charge in [0, 0.05) is 5.56 Å². The van der Waals surface area contributed by atoms with Crippen molar-refractivity contribution in [3.63, 3.8) is 0 Å². The molecule has 0 aromatic heterocycles. The summed E-state index contributed by atoms with van der Waals surface area (Å²) < 4.78 is 5.88. The zero-order valence-corrected chi connectivity index (χ0v) is 16.1. The lowest BCUT2D eigenvalue weighted by Gasteiger charge is -2.20. The smallest absolute Gasteiger partial charge is 0.127 e. The van der Waals surface area contributed by atoms with Crippen molar-refractivity contribution >= 4 is 11.1 Å². The molecule has 2 N–H and O–H groups in total. The van der Waals surface area contributed by atoms with Crippen molar-refractivity contribution in [1.29, 1.82) is 0 Å². The summed E-state index contributed by atoms with van der Waals surface area (Å²) in [5.74, 6) is 0.690. The Morgan fingerprint density at radius 3 is 2.00 bits per heavy atom. The molecule has 0 fully saturated rings. The summed E-state index contributed by atoms with van der Waals surface area (Å²) in [5.41, 5.74) is 5.60. The van der Waals surface area contributed by atoms with E-state index in [0.29, 0.717) is 5.75 Å². The van der Waals surface area contributed by atoms with Crippen LogP contribution in [-0.4, -0.2) is 29.5 Å². The molecule has 0 saturated carbocycles. The van der Waals surface area contributed by atoms with Crippen LogP contribution in [0.15, 0.2) is 84.9 Å². The van der Waals surface area contributed by atoms with E-state index in [0.717, 1.165) is 23.1 Å². The maximum atomic E-state index is 9.71. The van der Waals surface area contributed by atoms with E-state index in [9.17, 15) is 5.11 Å². The minimum atomic E-state index is -0.906. The standard InChI is InChI=1S/C25H26O3/c1-2-22(19-11-5-3-6-12-19)25(20-13-7-4-8-14-20)23-15-9-10-16-24(23)28-18-21(27)17-26/h3-16,21,26-27H,2,17-18H2,1H3/b25-22-. The van der Waals surface area contributed by atoms with Crippen molar-refractivity contribution in [3.05, 3.63) is 102 Å². The second-order valence-corrected chi connectivity index (χ2v) is 6.58. The molecule has 0 spiro atoms. The first-order valence-corrected chi connectivity index (χ1v) is 9.59. The summed E-state index contributed by atoms with van der Waals surface area (Å²) in [7, 11) is 0. The SMILES string of the molecule is CC/C(=C(\c1ccccc1)c1ccccc1OCC(O)CO)c1ccccc1. The molecule has 3 aromatic rings. The van der Waals surface area contributed by atoms with Gasteiger partial charge >= 0.3 is 0 Å². The summed E-state index contributed by atoms with van der Waals surface area (Å²) in [4.78, 5) is 0. The molecule has 0 aliphatic carbocycles. The van der Waals surface area contributed by atoms with E-state index in [2.05, 4.69) is 31.2 Å². The average Bonchev–Trinajstić information content (AvgIpc) is 2.77. The van der Waals surface area contributed by atoms with E-state index in [1.165, 1.54) is 11.1 Å². The van der Waals surface area contributed by atoms with Crippen LogP contribution < -0.4 is 4.74 Å². The fourth-order valence-corrected chi connectivity index (χ4v) is 3.30. The topological polar surface area (TPSA) is 49.7 Å². The van der Waals surface area contributed by atoms with Crippen LogP contribution in [0.2, 0.25) is 0 Å². The molecular weight excluding hydrogens is 348 g/mol. The Labute approximate surface area is 166 Å². The number of hydrogen-bond acceptors (Lipinski definition) is 3. The molecule has 0 saturated heterocycles. The zero-order chi connectivity index (χ0) is 19.8. The highest BCUT2D eigenvalue weighted by molar-refractivity contribution is 5.99. The van der Waals surface area contributed by atoms with E-state index in [1.807, 2.05) is 60.7 Å². The van der Waals surface area contributed by atoms with Crippen LogP contribution >= 0.6 is 0 Å². The van der Waals surface area contributed by atoms with Gasteiger partial charge in [0.15, 0.2) is 0 Å². The lowest BCUT2D eigenvalue weighted by Crippen LogP contribution is -2.21. The van der Waals surface area contributed by atoms with E-state index in [1.54, 1.807) is 0 Å². The molecule has 28 heavy (non-hydrogen) atoms. The van der Waals surface area contributed by atoms with E-state index >= 15 is 0 Å². The molecule has 0 heterocycles. The van der Waals surface area contributed by atoms with Crippen molar-refractivity contribution in [3.8, 4) is 5.75 Å². The van der Waals surface area contributed by atoms with Gasteiger partial charge in [0.25, 0.3) is 0 Å². The van der Waals surface area contributed by atoms with E-state index in [-0.39, 0.29) is 13.2 Å². The minimum Gasteiger partial charge on any atom is -0.490 e. The summed E-state index contributed by atoms with van der Waals surface area (Å²) in [6.07, 6.45) is -0.0426. The zero-order valence-electron chi connectivity index (χ0n) is 16.1. The highest BCUT2D eigenvalue weighted by Gasteiger charge is 2.17. The fourth-order valence-electron chi connectivity index (χ4n) is 3.30. The maximum Gasteiger partial charge on any atom is 0.127 e. The van der Waals surface area contributed by atoms with E-state index in [4.69, 9.17) is 9.84 Å². The molecule has 0 aliphatic rings. The van der Waals surface area contributed by atoms with Gasteiger partial charge in [-0.05, 0) is 34.8 Å². The minimum absolute atomic E-state index is 0.0440. The molecule has 144 valence electrons. The van der Waals surface area contributed by atoms with Crippen LogP contribution in [0.5, 0.6) is 5.75 Å². The fraction of sp³-hybridized carbons (Fsp3) is 0.200. The molecule has 3 nitrogen and oxygen atoms in total. The number of para-hydroxylation sites is 1. The van der Waals surface area contributed by atoms with Gasteiger partial charge in [-0.15, -0.1) is 0 Å². The molecule has 0 amide bonds. The van der Waals surface area contributed by atoms with Crippen LogP contribution in [0.25, 0.3) is 11.1 Å². The number of ether oxygens (including phenoxy) is 1. The normalized spacial score (nSPS) is 13.0. The molecule has 1 unspecified atom stereocenters. The molecule has 3 rings (SSSR count). The number of rotatable bonds is 8. The first kappa shape index (κ1) is 19.9. The molecule has 3 aromatic carbocycles. The van der Waals surface area contributed by atoms with Gasteiger partial charge in [-0.1, -0.05) is 85.8 Å². The third-order valence-electron chi connectivity index (χ3n) is 4.64.